The van der Waals surface area contributed by atoms with Gasteiger partial charge >= 0.3 is 6.18 Å². The largest absolute Gasteiger partial charge is 0.483 e. The van der Waals surface area contributed by atoms with Crippen molar-refractivity contribution in [1.29, 1.82) is 0 Å². The molecule has 0 radical (unpaired) electrons. The summed E-state index contributed by atoms with van der Waals surface area (Å²) >= 11 is 3.40. The molecule has 0 spiro atoms. The highest BCUT2D eigenvalue weighted by molar-refractivity contribution is 9.10. The van der Waals surface area contributed by atoms with Gasteiger partial charge in [0.05, 0.1) is 5.56 Å². The van der Waals surface area contributed by atoms with Crippen LogP contribution in [0.3, 0.4) is 0 Å². The van der Waals surface area contributed by atoms with Gasteiger partial charge in [-0.3, -0.25) is 4.79 Å². The molecule has 0 fully saturated rings. The van der Waals surface area contributed by atoms with E-state index >= 15 is 0 Å². The van der Waals surface area contributed by atoms with E-state index in [-0.39, 0.29) is 12.3 Å². The second-order valence-corrected chi connectivity index (χ2v) is 6.14. The van der Waals surface area contributed by atoms with Crippen LogP contribution in [0.2, 0.25) is 0 Å². The first kappa shape index (κ1) is 18.3. The van der Waals surface area contributed by atoms with Crippen LogP contribution >= 0.6 is 15.9 Å². The Balaban J connectivity index is 2.01. The van der Waals surface area contributed by atoms with Crippen molar-refractivity contribution in [3.8, 4) is 5.75 Å². The Morgan fingerprint density at radius 1 is 1.17 bits per heavy atom. The Labute approximate surface area is 146 Å². The summed E-state index contributed by atoms with van der Waals surface area (Å²) in [6.07, 6.45) is -4.46. The highest BCUT2D eigenvalue weighted by atomic mass is 79.9. The Morgan fingerprint density at radius 2 is 1.88 bits per heavy atom. The number of hydrogen-bond acceptors (Lipinski definition) is 2. The zero-order valence-corrected chi connectivity index (χ0v) is 14.6. The van der Waals surface area contributed by atoms with Crippen LogP contribution in [0.15, 0.2) is 40.9 Å². The lowest BCUT2D eigenvalue weighted by Gasteiger charge is -2.12. The van der Waals surface area contributed by atoms with Crippen molar-refractivity contribution in [2.45, 2.75) is 20.0 Å². The third-order valence-electron chi connectivity index (χ3n) is 3.29. The van der Waals surface area contributed by atoms with Crippen molar-refractivity contribution < 1.29 is 22.7 Å². The fourth-order valence-corrected chi connectivity index (χ4v) is 2.48. The molecule has 3 nitrogen and oxygen atoms in total. The van der Waals surface area contributed by atoms with Crippen molar-refractivity contribution in [3.63, 3.8) is 0 Å². The molecule has 128 valence electrons. The van der Waals surface area contributed by atoms with E-state index in [9.17, 15) is 18.0 Å². The predicted molar refractivity (Wildman–Crippen MR) is 89.2 cm³/mol. The molecule has 0 saturated heterocycles. The maximum Gasteiger partial charge on any atom is 0.416 e. The molecular formula is C17H15BrF3NO2. The average Bonchev–Trinajstić information content (AvgIpc) is 2.49. The van der Waals surface area contributed by atoms with Gasteiger partial charge < -0.3 is 10.1 Å². The summed E-state index contributed by atoms with van der Waals surface area (Å²) in [6, 6.07) is 8.11. The summed E-state index contributed by atoms with van der Waals surface area (Å²) in [5.41, 5.74) is 1.05. The van der Waals surface area contributed by atoms with Gasteiger partial charge in [-0.25, -0.2) is 0 Å². The number of amides is 1. The van der Waals surface area contributed by atoms with Gasteiger partial charge in [0.1, 0.15) is 5.75 Å². The fraction of sp³-hybridized carbons (Fsp3) is 0.235. The van der Waals surface area contributed by atoms with Crippen LogP contribution < -0.4 is 10.1 Å². The van der Waals surface area contributed by atoms with E-state index in [1.54, 1.807) is 6.07 Å². The summed E-state index contributed by atoms with van der Waals surface area (Å²) in [5, 5.41) is 2.40. The molecule has 0 aliphatic carbocycles. The van der Waals surface area contributed by atoms with Crippen LogP contribution in [-0.4, -0.2) is 12.5 Å². The molecule has 0 aromatic heterocycles. The number of ether oxygens (including phenoxy) is 1. The molecule has 0 heterocycles. The molecule has 0 atom stereocenters. The molecule has 7 heteroatoms. The molecule has 24 heavy (non-hydrogen) atoms. The molecule has 2 aromatic rings. The summed E-state index contributed by atoms with van der Waals surface area (Å²) in [7, 11) is 0. The van der Waals surface area contributed by atoms with Crippen molar-refractivity contribution in [2.24, 2.45) is 0 Å². The molecular weight excluding hydrogens is 387 g/mol. The summed E-state index contributed by atoms with van der Waals surface area (Å²) < 4.78 is 44.3. The van der Waals surface area contributed by atoms with E-state index in [2.05, 4.69) is 21.2 Å². The van der Waals surface area contributed by atoms with Gasteiger partial charge in [0.15, 0.2) is 6.61 Å². The lowest BCUT2D eigenvalue weighted by Crippen LogP contribution is -2.20. The van der Waals surface area contributed by atoms with E-state index in [1.165, 1.54) is 12.1 Å². The van der Waals surface area contributed by atoms with Gasteiger partial charge in [-0.05, 0) is 55.3 Å². The number of rotatable bonds is 4. The van der Waals surface area contributed by atoms with E-state index in [0.717, 1.165) is 27.7 Å². The van der Waals surface area contributed by atoms with Gasteiger partial charge in [0.25, 0.3) is 5.91 Å². The summed E-state index contributed by atoms with van der Waals surface area (Å²) in [6.45, 7) is 3.43. The van der Waals surface area contributed by atoms with E-state index in [4.69, 9.17) is 4.74 Å². The molecule has 2 aromatic carbocycles. The van der Waals surface area contributed by atoms with Crippen LogP contribution in [0, 0.1) is 13.8 Å². The van der Waals surface area contributed by atoms with Crippen molar-refractivity contribution >= 4 is 27.5 Å². The van der Waals surface area contributed by atoms with Gasteiger partial charge in [-0.2, -0.15) is 13.2 Å². The minimum atomic E-state index is -4.46. The molecule has 0 saturated carbocycles. The number of halogens is 4. The van der Waals surface area contributed by atoms with Crippen LogP contribution in [0.1, 0.15) is 16.7 Å². The molecule has 1 amide bonds. The van der Waals surface area contributed by atoms with Crippen molar-refractivity contribution in [1.82, 2.24) is 0 Å². The zero-order chi connectivity index (χ0) is 17.9. The standard InChI is InChI=1S/C17H15BrF3NO2/c1-10-7-15(11(2)6-14(10)18)24-9-16(23)22-13-5-3-4-12(8-13)17(19,20)21/h3-8H,9H2,1-2H3,(H,22,23). The molecule has 2 rings (SSSR count). The quantitative estimate of drug-likeness (QED) is 0.773. The third kappa shape index (κ3) is 4.74. The van der Waals surface area contributed by atoms with Crippen LogP contribution in [-0.2, 0) is 11.0 Å². The Morgan fingerprint density at radius 3 is 2.54 bits per heavy atom. The second kappa shape index (κ2) is 7.25. The normalized spacial score (nSPS) is 11.2. The molecule has 0 unspecified atom stereocenters. The molecule has 0 bridgehead atoms. The van der Waals surface area contributed by atoms with E-state index < -0.39 is 17.6 Å². The van der Waals surface area contributed by atoms with Gasteiger partial charge in [-0.1, -0.05) is 22.0 Å². The summed E-state index contributed by atoms with van der Waals surface area (Å²) in [4.78, 5) is 11.9. The minimum Gasteiger partial charge on any atom is -0.483 e. The Bertz CT molecular complexity index is 760. The number of carbonyl (C=O) groups excluding carboxylic acids is 1. The highest BCUT2D eigenvalue weighted by Gasteiger charge is 2.30. The monoisotopic (exact) mass is 401 g/mol. The van der Waals surface area contributed by atoms with Crippen LogP contribution in [0.25, 0.3) is 0 Å². The lowest BCUT2D eigenvalue weighted by molar-refractivity contribution is -0.137. The van der Waals surface area contributed by atoms with Crippen LogP contribution in [0.5, 0.6) is 5.75 Å². The van der Waals surface area contributed by atoms with Crippen LogP contribution in [0.4, 0.5) is 18.9 Å². The minimum absolute atomic E-state index is 0.0714. The topological polar surface area (TPSA) is 38.3 Å². The number of benzene rings is 2. The Kier molecular flexibility index (Phi) is 5.54. The number of nitrogens with one attached hydrogen (secondary N) is 1. The number of alkyl halides is 3. The average molecular weight is 402 g/mol. The summed E-state index contributed by atoms with van der Waals surface area (Å²) in [5.74, 6) is 0.0178. The first-order chi connectivity index (χ1) is 11.2. The fourth-order valence-electron chi connectivity index (χ4n) is 2.02. The van der Waals surface area contributed by atoms with Crippen molar-refractivity contribution in [2.75, 3.05) is 11.9 Å². The van der Waals surface area contributed by atoms with Crippen molar-refractivity contribution in [3.05, 3.63) is 57.6 Å². The highest BCUT2D eigenvalue weighted by Crippen LogP contribution is 2.30. The second-order valence-electron chi connectivity index (χ2n) is 5.28. The first-order valence-corrected chi connectivity index (χ1v) is 7.83. The number of hydrogen-bond donors (Lipinski definition) is 1. The van der Waals surface area contributed by atoms with Gasteiger partial charge in [0, 0.05) is 10.2 Å². The first-order valence-electron chi connectivity index (χ1n) is 7.03. The predicted octanol–water partition coefficient (Wildman–Crippen LogP) is 5.10. The third-order valence-corrected chi connectivity index (χ3v) is 4.14. The zero-order valence-electron chi connectivity index (χ0n) is 13.0. The number of carbonyl (C=O) groups is 1. The molecule has 0 aliphatic rings. The molecule has 0 aliphatic heterocycles. The maximum atomic E-state index is 12.6. The Hall–Kier alpha value is -2.02. The van der Waals surface area contributed by atoms with Gasteiger partial charge in [-0.15, -0.1) is 0 Å². The van der Waals surface area contributed by atoms with E-state index in [1.807, 2.05) is 19.9 Å². The van der Waals surface area contributed by atoms with Gasteiger partial charge in [0.2, 0.25) is 0 Å². The lowest BCUT2D eigenvalue weighted by atomic mass is 10.1. The molecule has 1 N–H and O–H groups in total. The van der Waals surface area contributed by atoms with E-state index in [0.29, 0.717) is 5.75 Å². The SMILES string of the molecule is Cc1cc(OCC(=O)Nc2cccc(C(F)(F)F)c2)c(C)cc1Br. The maximum absolute atomic E-state index is 12.6. The smallest absolute Gasteiger partial charge is 0.416 e. The number of aryl methyl sites for hydroxylation is 2. The number of anilines is 1.